The van der Waals surface area contributed by atoms with Crippen molar-refractivity contribution in [1.29, 1.82) is 0 Å². The number of nitrogens with one attached hydrogen (secondary N) is 4. The SMILES string of the molecule is O=C(c1ccc(CN[C@H]2CC[C@H](NCc3ccccc3)CC2)cc1)N(Cc1ncc[nH]1)Cc1ncc[nH]1. The molecule has 5 rings (SSSR count). The Bertz CT molecular complexity index is 1160. The highest BCUT2D eigenvalue weighted by Gasteiger charge is 2.21. The third-order valence-electron chi connectivity index (χ3n) is 7.04. The number of hydrogen-bond acceptors (Lipinski definition) is 5. The summed E-state index contributed by atoms with van der Waals surface area (Å²) in [5, 5.41) is 7.43. The first kappa shape index (κ1) is 24.9. The molecule has 1 fully saturated rings. The average molecular weight is 498 g/mol. The van der Waals surface area contributed by atoms with Gasteiger partial charge in [0.25, 0.3) is 5.91 Å². The van der Waals surface area contributed by atoms with Crippen LogP contribution in [0, 0.1) is 0 Å². The van der Waals surface area contributed by atoms with Gasteiger partial charge in [0.05, 0.1) is 13.1 Å². The lowest BCUT2D eigenvalue weighted by atomic mass is 9.91. The number of aromatic nitrogens is 4. The van der Waals surface area contributed by atoms with Gasteiger partial charge >= 0.3 is 0 Å². The first-order valence-corrected chi connectivity index (χ1v) is 13.1. The van der Waals surface area contributed by atoms with Crippen LogP contribution >= 0.6 is 0 Å². The fraction of sp³-hybridized carbons (Fsp3) is 0.345. The molecule has 1 saturated carbocycles. The van der Waals surface area contributed by atoms with E-state index in [1.807, 2.05) is 24.3 Å². The van der Waals surface area contributed by atoms with E-state index in [0.717, 1.165) is 24.7 Å². The molecule has 192 valence electrons. The van der Waals surface area contributed by atoms with Crippen LogP contribution in [0.4, 0.5) is 0 Å². The first-order valence-electron chi connectivity index (χ1n) is 13.1. The zero-order valence-electron chi connectivity index (χ0n) is 21.1. The van der Waals surface area contributed by atoms with Crippen molar-refractivity contribution in [2.24, 2.45) is 0 Å². The molecule has 4 N–H and O–H groups in total. The molecule has 4 aromatic rings. The molecule has 1 amide bonds. The third kappa shape index (κ3) is 7.15. The normalized spacial score (nSPS) is 17.5. The van der Waals surface area contributed by atoms with E-state index in [4.69, 9.17) is 0 Å². The van der Waals surface area contributed by atoms with Crippen LogP contribution in [0.15, 0.2) is 79.4 Å². The van der Waals surface area contributed by atoms with Gasteiger partial charge in [-0.25, -0.2) is 9.97 Å². The van der Waals surface area contributed by atoms with Crippen LogP contribution in [-0.4, -0.2) is 42.8 Å². The average Bonchev–Trinajstić information content (AvgIpc) is 3.66. The van der Waals surface area contributed by atoms with Gasteiger partial charge in [-0.3, -0.25) is 4.79 Å². The summed E-state index contributed by atoms with van der Waals surface area (Å²) < 4.78 is 0. The Labute approximate surface area is 217 Å². The summed E-state index contributed by atoms with van der Waals surface area (Å²) in [6.45, 7) is 2.52. The molecule has 0 aliphatic heterocycles. The van der Waals surface area contributed by atoms with Gasteiger partial charge in [-0.15, -0.1) is 0 Å². The van der Waals surface area contributed by atoms with Gasteiger partial charge in [-0.2, -0.15) is 0 Å². The van der Waals surface area contributed by atoms with Crippen LogP contribution in [0.3, 0.4) is 0 Å². The quantitative estimate of drug-likeness (QED) is 0.249. The fourth-order valence-electron chi connectivity index (χ4n) is 4.90. The minimum Gasteiger partial charge on any atom is -0.347 e. The van der Waals surface area contributed by atoms with Gasteiger partial charge in [0.2, 0.25) is 0 Å². The predicted octanol–water partition coefficient (Wildman–Crippen LogP) is 4.17. The number of benzene rings is 2. The van der Waals surface area contributed by atoms with E-state index < -0.39 is 0 Å². The molecule has 0 bridgehead atoms. The maximum absolute atomic E-state index is 13.3. The van der Waals surface area contributed by atoms with Crippen LogP contribution in [0.25, 0.3) is 0 Å². The molecule has 8 nitrogen and oxygen atoms in total. The minimum absolute atomic E-state index is 0.0476. The number of hydrogen-bond donors (Lipinski definition) is 4. The molecule has 2 heterocycles. The lowest BCUT2D eigenvalue weighted by Crippen LogP contribution is -2.39. The summed E-state index contributed by atoms with van der Waals surface area (Å²) in [5.74, 6) is 1.44. The zero-order chi connectivity index (χ0) is 25.3. The number of aromatic amines is 2. The van der Waals surface area contributed by atoms with Crippen LogP contribution < -0.4 is 10.6 Å². The van der Waals surface area contributed by atoms with Gasteiger partial charge < -0.3 is 25.5 Å². The Morgan fingerprint density at radius 3 is 1.76 bits per heavy atom. The van der Waals surface area contributed by atoms with Gasteiger partial charge in [0.1, 0.15) is 11.6 Å². The van der Waals surface area contributed by atoms with E-state index in [9.17, 15) is 4.79 Å². The molecule has 2 aromatic carbocycles. The standard InChI is InChI=1S/C29H35N7O/c37-29(36(20-27-30-14-15-31-27)21-28-32-16-17-33-28)24-8-6-23(7-9-24)19-35-26-12-10-25(11-13-26)34-18-22-4-2-1-3-5-22/h1-9,14-17,25-26,34-35H,10-13,18-21H2,(H,30,31)(H,32,33)/t25-,26-. The number of amides is 1. The maximum atomic E-state index is 13.3. The van der Waals surface area contributed by atoms with E-state index in [1.165, 1.54) is 36.8 Å². The summed E-state index contributed by atoms with van der Waals surface area (Å²) in [5.41, 5.74) is 3.19. The molecule has 0 spiro atoms. The Morgan fingerprint density at radius 1 is 0.757 bits per heavy atom. The van der Waals surface area contributed by atoms with Crippen LogP contribution in [-0.2, 0) is 26.2 Å². The molecular weight excluding hydrogens is 462 g/mol. The molecule has 0 radical (unpaired) electrons. The van der Waals surface area contributed by atoms with Crippen molar-refractivity contribution in [2.45, 2.75) is 63.9 Å². The summed E-state index contributed by atoms with van der Waals surface area (Å²) in [7, 11) is 0. The number of nitrogens with zero attached hydrogens (tertiary/aromatic N) is 3. The van der Waals surface area contributed by atoms with Crippen LogP contribution in [0.1, 0.15) is 58.8 Å². The van der Waals surface area contributed by atoms with Gasteiger partial charge in [-0.1, -0.05) is 42.5 Å². The largest absolute Gasteiger partial charge is 0.347 e. The number of carbonyl (C=O) groups excluding carboxylic acids is 1. The topological polar surface area (TPSA) is 102 Å². The number of rotatable bonds is 11. The second-order valence-corrected chi connectivity index (χ2v) is 9.73. The lowest BCUT2D eigenvalue weighted by Gasteiger charge is -2.30. The van der Waals surface area contributed by atoms with E-state index in [-0.39, 0.29) is 5.91 Å². The Hall–Kier alpha value is -3.75. The summed E-state index contributed by atoms with van der Waals surface area (Å²) in [4.78, 5) is 29.8. The lowest BCUT2D eigenvalue weighted by molar-refractivity contribution is 0.0721. The number of H-pyrrole nitrogens is 2. The zero-order valence-corrected chi connectivity index (χ0v) is 21.1. The smallest absolute Gasteiger partial charge is 0.254 e. The van der Waals surface area contributed by atoms with Gasteiger partial charge in [-0.05, 0) is 48.9 Å². The molecule has 1 aliphatic carbocycles. The maximum Gasteiger partial charge on any atom is 0.254 e. The van der Waals surface area contributed by atoms with Crippen LogP contribution in [0.2, 0.25) is 0 Å². The summed E-state index contributed by atoms with van der Waals surface area (Å²) in [6.07, 6.45) is 11.7. The first-order chi connectivity index (χ1) is 18.2. The third-order valence-corrected chi connectivity index (χ3v) is 7.04. The van der Waals surface area contributed by atoms with E-state index >= 15 is 0 Å². The highest BCUT2D eigenvalue weighted by Crippen LogP contribution is 2.20. The summed E-state index contributed by atoms with van der Waals surface area (Å²) in [6, 6.07) is 19.7. The molecule has 0 unspecified atom stereocenters. The molecule has 0 saturated heterocycles. The second-order valence-electron chi connectivity index (χ2n) is 9.73. The van der Waals surface area contributed by atoms with Crippen molar-refractivity contribution in [3.05, 3.63) is 108 Å². The summed E-state index contributed by atoms with van der Waals surface area (Å²) >= 11 is 0. The Balaban J connectivity index is 1.09. The van der Waals surface area contributed by atoms with Crippen molar-refractivity contribution in [3.8, 4) is 0 Å². The van der Waals surface area contributed by atoms with Crippen LogP contribution in [0.5, 0.6) is 0 Å². The highest BCUT2D eigenvalue weighted by molar-refractivity contribution is 5.94. The van der Waals surface area contributed by atoms with Gasteiger partial charge in [0.15, 0.2) is 0 Å². The van der Waals surface area contributed by atoms with Crippen molar-refractivity contribution in [2.75, 3.05) is 0 Å². The fourth-order valence-corrected chi connectivity index (χ4v) is 4.90. The number of imidazole rings is 2. The second kappa shape index (κ2) is 12.5. The van der Waals surface area contributed by atoms with Crippen molar-refractivity contribution in [3.63, 3.8) is 0 Å². The monoisotopic (exact) mass is 497 g/mol. The highest BCUT2D eigenvalue weighted by atomic mass is 16.2. The molecule has 1 aliphatic rings. The molecule has 0 atom stereocenters. The molecule has 37 heavy (non-hydrogen) atoms. The minimum atomic E-state index is -0.0476. The predicted molar refractivity (Wildman–Crippen MR) is 143 cm³/mol. The Morgan fingerprint density at radius 2 is 1.27 bits per heavy atom. The number of carbonyl (C=O) groups is 1. The van der Waals surface area contributed by atoms with Crippen molar-refractivity contribution in [1.82, 2.24) is 35.5 Å². The molecule has 2 aromatic heterocycles. The van der Waals surface area contributed by atoms with Crippen molar-refractivity contribution < 1.29 is 4.79 Å². The van der Waals surface area contributed by atoms with Crippen molar-refractivity contribution >= 4 is 5.91 Å². The van der Waals surface area contributed by atoms with Gasteiger partial charge in [0, 0.05) is 55.5 Å². The molecule has 8 heteroatoms. The van der Waals surface area contributed by atoms with E-state index in [2.05, 4.69) is 60.9 Å². The molecular formula is C29H35N7O. The Kier molecular flexibility index (Phi) is 8.40. The van der Waals surface area contributed by atoms with E-state index in [1.54, 1.807) is 29.7 Å². The van der Waals surface area contributed by atoms with E-state index in [0.29, 0.717) is 30.7 Å².